The highest BCUT2D eigenvalue weighted by Crippen LogP contribution is 2.21. The molecule has 3 rings (SSSR count). The maximum absolute atomic E-state index is 12.4. The van der Waals surface area contributed by atoms with Gasteiger partial charge in [-0.3, -0.25) is 4.79 Å². The lowest BCUT2D eigenvalue weighted by molar-refractivity contribution is -0.127. The standard InChI is InChI=1S/C19H27N3O2/c23-18(21-17-10-4-5-11-17)16-9-6-12-22(14-16)19(24)20-13-15-7-2-1-3-8-15/h1-3,7-8,16-17H,4-6,9-14H2,(H,20,24)(H,21,23)/t16-/m0/s1. The summed E-state index contributed by atoms with van der Waals surface area (Å²) in [7, 11) is 0. The molecule has 1 aliphatic carbocycles. The highest BCUT2D eigenvalue weighted by Gasteiger charge is 2.29. The Morgan fingerprint density at radius 3 is 2.54 bits per heavy atom. The van der Waals surface area contributed by atoms with E-state index in [1.54, 1.807) is 4.90 Å². The van der Waals surface area contributed by atoms with Crippen molar-refractivity contribution < 1.29 is 9.59 Å². The Morgan fingerprint density at radius 1 is 1.04 bits per heavy atom. The maximum Gasteiger partial charge on any atom is 0.317 e. The van der Waals surface area contributed by atoms with Gasteiger partial charge in [-0.05, 0) is 31.2 Å². The summed E-state index contributed by atoms with van der Waals surface area (Å²) in [6.45, 7) is 1.78. The minimum absolute atomic E-state index is 0.0678. The number of hydrogen-bond donors (Lipinski definition) is 2. The number of nitrogens with zero attached hydrogens (tertiary/aromatic N) is 1. The highest BCUT2D eigenvalue weighted by molar-refractivity contribution is 5.81. The van der Waals surface area contributed by atoms with E-state index in [4.69, 9.17) is 0 Å². The van der Waals surface area contributed by atoms with Crippen LogP contribution >= 0.6 is 0 Å². The van der Waals surface area contributed by atoms with E-state index in [0.717, 1.165) is 37.8 Å². The van der Waals surface area contributed by atoms with Crippen molar-refractivity contribution in [2.75, 3.05) is 13.1 Å². The third-order valence-electron chi connectivity index (χ3n) is 5.07. The molecule has 3 amide bonds. The number of carbonyl (C=O) groups is 2. The van der Waals surface area contributed by atoms with Crippen LogP contribution in [0, 0.1) is 5.92 Å². The average Bonchev–Trinajstić information content (AvgIpc) is 3.13. The van der Waals surface area contributed by atoms with E-state index in [1.807, 2.05) is 30.3 Å². The number of rotatable bonds is 4. The van der Waals surface area contributed by atoms with Crippen molar-refractivity contribution in [2.24, 2.45) is 5.92 Å². The minimum Gasteiger partial charge on any atom is -0.353 e. The molecule has 1 saturated carbocycles. The molecule has 5 nitrogen and oxygen atoms in total. The molecule has 0 bridgehead atoms. The molecule has 1 aromatic rings. The maximum atomic E-state index is 12.4. The van der Waals surface area contributed by atoms with Gasteiger partial charge in [-0.25, -0.2) is 4.79 Å². The molecule has 2 fully saturated rings. The van der Waals surface area contributed by atoms with Crippen molar-refractivity contribution in [2.45, 2.75) is 51.1 Å². The first-order valence-electron chi connectivity index (χ1n) is 9.09. The molecular formula is C19H27N3O2. The van der Waals surface area contributed by atoms with E-state index < -0.39 is 0 Å². The van der Waals surface area contributed by atoms with Crippen LogP contribution in [0.25, 0.3) is 0 Å². The predicted molar refractivity (Wildman–Crippen MR) is 93.4 cm³/mol. The fourth-order valence-electron chi connectivity index (χ4n) is 3.65. The van der Waals surface area contributed by atoms with Gasteiger partial charge < -0.3 is 15.5 Å². The van der Waals surface area contributed by atoms with Crippen LogP contribution in [0.5, 0.6) is 0 Å². The third kappa shape index (κ3) is 4.49. The number of likely N-dealkylation sites (tertiary alicyclic amines) is 1. The first-order valence-corrected chi connectivity index (χ1v) is 9.09. The zero-order valence-corrected chi connectivity index (χ0v) is 14.2. The Morgan fingerprint density at radius 2 is 1.79 bits per heavy atom. The molecule has 1 atom stereocenters. The Kier molecular flexibility index (Phi) is 5.72. The summed E-state index contributed by atoms with van der Waals surface area (Å²) >= 11 is 0. The second-order valence-corrected chi connectivity index (χ2v) is 6.92. The molecule has 0 aromatic heterocycles. The topological polar surface area (TPSA) is 61.4 Å². The smallest absolute Gasteiger partial charge is 0.317 e. The van der Waals surface area contributed by atoms with Crippen LogP contribution in [0.4, 0.5) is 4.79 Å². The molecule has 1 saturated heterocycles. The van der Waals surface area contributed by atoms with Gasteiger partial charge in [0.05, 0.1) is 5.92 Å². The fourth-order valence-corrected chi connectivity index (χ4v) is 3.65. The lowest BCUT2D eigenvalue weighted by atomic mass is 9.97. The normalized spacial score (nSPS) is 21.5. The first-order chi connectivity index (χ1) is 11.7. The van der Waals surface area contributed by atoms with E-state index in [-0.39, 0.29) is 17.9 Å². The van der Waals surface area contributed by atoms with E-state index in [0.29, 0.717) is 19.1 Å². The number of urea groups is 1. The molecular weight excluding hydrogens is 302 g/mol. The molecule has 130 valence electrons. The molecule has 0 spiro atoms. The van der Waals surface area contributed by atoms with Gasteiger partial charge in [0.15, 0.2) is 0 Å². The van der Waals surface area contributed by atoms with E-state index >= 15 is 0 Å². The summed E-state index contributed by atoms with van der Waals surface area (Å²) in [6, 6.07) is 10.2. The number of amides is 3. The summed E-state index contributed by atoms with van der Waals surface area (Å²) in [6.07, 6.45) is 6.38. The predicted octanol–water partition coefficient (Wildman–Crippen LogP) is 2.67. The monoisotopic (exact) mass is 329 g/mol. The van der Waals surface area contributed by atoms with Gasteiger partial charge in [0.2, 0.25) is 5.91 Å². The number of piperidine rings is 1. The molecule has 5 heteroatoms. The van der Waals surface area contributed by atoms with E-state index in [9.17, 15) is 9.59 Å². The summed E-state index contributed by atoms with van der Waals surface area (Å²) in [4.78, 5) is 26.6. The van der Waals surface area contributed by atoms with Crippen molar-refractivity contribution in [1.82, 2.24) is 15.5 Å². The minimum atomic E-state index is -0.0720. The van der Waals surface area contributed by atoms with Crippen LogP contribution in [0.2, 0.25) is 0 Å². The summed E-state index contributed by atoms with van der Waals surface area (Å²) < 4.78 is 0. The van der Waals surface area contributed by atoms with Gasteiger partial charge in [-0.1, -0.05) is 43.2 Å². The summed E-state index contributed by atoms with van der Waals surface area (Å²) in [5.74, 6) is 0.0595. The van der Waals surface area contributed by atoms with Crippen molar-refractivity contribution in [1.29, 1.82) is 0 Å². The van der Waals surface area contributed by atoms with Crippen LogP contribution < -0.4 is 10.6 Å². The molecule has 0 unspecified atom stereocenters. The Balaban J connectivity index is 1.47. The number of hydrogen-bond acceptors (Lipinski definition) is 2. The van der Waals surface area contributed by atoms with Crippen LogP contribution in [0.3, 0.4) is 0 Å². The number of carbonyl (C=O) groups excluding carboxylic acids is 2. The van der Waals surface area contributed by atoms with Crippen LogP contribution in [-0.4, -0.2) is 36.0 Å². The van der Waals surface area contributed by atoms with Crippen molar-refractivity contribution in [3.8, 4) is 0 Å². The third-order valence-corrected chi connectivity index (χ3v) is 5.07. The number of benzene rings is 1. The van der Waals surface area contributed by atoms with Crippen LogP contribution in [-0.2, 0) is 11.3 Å². The van der Waals surface area contributed by atoms with Gasteiger partial charge >= 0.3 is 6.03 Å². The zero-order chi connectivity index (χ0) is 16.8. The second kappa shape index (κ2) is 8.18. The Labute approximate surface area is 143 Å². The average molecular weight is 329 g/mol. The number of nitrogens with one attached hydrogen (secondary N) is 2. The molecule has 1 heterocycles. The lowest BCUT2D eigenvalue weighted by Gasteiger charge is -2.32. The SMILES string of the molecule is O=C(NC1CCCC1)[C@H]1CCCN(C(=O)NCc2ccccc2)C1. The lowest BCUT2D eigenvalue weighted by Crippen LogP contribution is -2.49. The quantitative estimate of drug-likeness (QED) is 0.892. The zero-order valence-electron chi connectivity index (χ0n) is 14.2. The van der Waals surface area contributed by atoms with E-state index in [2.05, 4.69) is 10.6 Å². The summed E-state index contributed by atoms with van der Waals surface area (Å²) in [5, 5.41) is 6.13. The fraction of sp³-hybridized carbons (Fsp3) is 0.579. The van der Waals surface area contributed by atoms with Crippen LogP contribution in [0.1, 0.15) is 44.1 Å². The van der Waals surface area contributed by atoms with Gasteiger partial charge in [0, 0.05) is 25.7 Å². The van der Waals surface area contributed by atoms with Gasteiger partial charge in [-0.15, -0.1) is 0 Å². The molecule has 24 heavy (non-hydrogen) atoms. The van der Waals surface area contributed by atoms with Crippen LogP contribution in [0.15, 0.2) is 30.3 Å². The molecule has 0 radical (unpaired) electrons. The van der Waals surface area contributed by atoms with Gasteiger partial charge in [0.1, 0.15) is 0 Å². The van der Waals surface area contributed by atoms with Crippen molar-refractivity contribution in [3.05, 3.63) is 35.9 Å². The molecule has 1 aliphatic heterocycles. The first kappa shape index (κ1) is 16.8. The Hall–Kier alpha value is -2.04. The van der Waals surface area contributed by atoms with Crippen molar-refractivity contribution in [3.63, 3.8) is 0 Å². The van der Waals surface area contributed by atoms with Gasteiger partial charge in [0.25, 0.3) is 0 Å². The molecule has 2 aliphatic rings. The molecule has 1 aromatic carbocycles. The Bertz CT molecular complexity index is 555. The van der Waals surface area contributed by atoms with Crippen molar-refractivity contribution >= 4 is 11.9 Å². The van der Waals surface area contributed by atoms with Gasteiger partial charge in [-0.2, -0.15) is 0 Å². The molecule has 2 N–H and O–H groups in total. The van der Waals surface area contributed by atoms with E-state index in [1.165, 1.54) is 12.8 Å². The summed E-state index contributed by atoms with van der Waals surface area (Å²) in [5.41, 5.74) is 1.08. The second-order valence-electron chi connectivity index (χ2n) is 6.92. The largest absolute Gasteiger partial charge is 0.353 e. The highest BCUT2D eigenvalue weighted by atomic mass is 16.2.